The molecule has 0 fully saturated rings. The maximum Gasteiger partial charge on any atom is 0.331 e. The van der Waals surface area contributed by atoms with Crippen molar-refractivity contribution in [1.82, 2.24) is 9.13 Å². The highest BCUT2D eigenvalue weighted by Crippen LogP contribution is 2.20. The van der Waals surface area contributed by atoms with Crippen molar-refractivity contribution in [2.75, 3.05) is 0 Å². The normalized spacial score (nSPS) is 11.6. The van der Waals surface area contributed by atoms with Gasteiger partial charge in [0.1, 0.15) is 4.83 Å². The third-order valence-electron chi connectivity index (χ3n) is 2.78. The molecule has 92 valence electrons. The summed E-state index contributed by atoms with van der Waals surface area (Å²) in [5.41, 5.74) is 0.566. The average molecular weight is 252 g/mol. The molecule has 0 aromatic carbocycles. The summed E-state index contributed by atoms with van der Waals surface area (Å²) in [7, 11) is 1.72. The van der Waals surface area contributed by atoms with E-state index in [1.54, 1.807) is 11.6 Å². The predicted molar refractivity (Wildman–Crippen MR) is 70.9 cm³/mol. The van der Waals surface area contributed by atoms with Crippen molar-refractivity contribution in [3.8, 4) is 0 Å². The molecule has 2 rings (SSSR count). The van der Waals surface area contributed by atoms with Crippen LogP contribution in [0.4, 0.5) is 0 Å². The highest BCUT2D eigenvalue weighted by atomic mass is 32.1. The molecule has 0 N–H and O–H groups in total. The van der Waals surface area contributed by atoms with Crippen LogP contribution in [0.3, 0.4) is 0 Å². The molecule has 0 radical (unpaired) electrons. The lowest BCUT2D eigenvalue weighted by Crippen LogP contribution is -2.39. The van der Waals surface area contributed by atoms with Crippen LogP contribution in [0.25, 0.3) is 10.2 Å². The van der Waals surface area contributed by atoms with Crippen LogP contribution in [-0.4, -0.2) is 9.13 Å². The van der Waals surface area contributed by atoms with Gasteiger partial charge in [0, 0.05) is 13.6 Å². The quantitative estimate of drug-likeness (QED) is 0.817. The number of fused-ring (bicyclic) bond motifs is 1. The van der Waals surface area contributed by atoms with Crippen molar-refractivity contribution in [3.05, 3.63) is 31.8 Å². The van der Waals surface area contributed by atoms with Gasteiger partial charge in [-0.15, -0.1) is 11.3 Å². The lowest BCUT2D eigenvalue weighted by molar-refractivity contribution is 0.486. The number of hydrogen-bond acceptors (Lipinski definition) is 3. The van der Waals surface area contributed by atoms with Gasteiger partial charge in [-0.3, -0.25) is 13.9 Å². The third kappa shape index (κ3) is 1.84. The fourth-order valence-electron chi connectivity index (χ4n) is 1.95. The van der Waals surface area contributed by atoms with Crippen LogP contribution in [0.2, 0.25) is 0 Å². The first-order valence-electron chi connectivity index (χ1n) is 5.61. The molecular weight excluding hydrogens is 236 g/mol. The number of rotatable bonds is 2. The number of nitrogens with zero attached hydrogens (tertiary/aromatic N) is 2. The van der Waals surface area contributed by atoms with Gasteiger partial charge in [-0.25, -0.2) is 4.79 Å². The van der Waals surface area contributed by atoms with Gasteiger partial charge in [-0.1, -0.05) is 13.8 Å². The summed E-state index contributed by atoms with van der Waals surface area (Å²) in [4.78, 5) is 25.1. The smallest absolute Gasteiger partial charge is 0.287 e. The van der Waals surface area contributed by atoms with Crippen LogP contribution in [0, 0.1) is 12.8 Å². The van der Waals surface area contributed by atoms with Crippen LogP contribution >= 0.6 is 11.3 Å². The Labute approximate surface area is 103 Å². The van der Waals surface area contributed by atoms with Crippen molar-refractivity contribution in [1.29, 1.82) is 0 Å². The fourth-order valence-corrected chi connectivity index (χ4v) is 2.96. The fraction of sp³-hybridized carbons (Fsp3) is 0.500. The molecule has 2 aromatic rings. The van der Waals surface area contributed by atoms with E-state index in [0.717, 1.165) is 10.4 Å². The summed E-state index contributed by atoms with van der Waals surface area (Å²) in [6.45, 7) is 6.37. The molecule has 0 aliphatic carbocycles. The first kappa shape index (κ1) is 12.1. The van der Waals surface area contributed by atoms with Gasteiger partial charge in [-0.05, 0) is 23.8 Å². The van der Waals surface area contributed by atoms with Gasteiger partial charge >= 0.3 is 5.69 Å². The highest BCUT2D eigenvalue weighted by Gasteiger charge is 2.14. The third-order valence-corrected chi connectivity index (χ3v) is 3.96. The Morgan fingerprint density at radius 2 is 2.00 bits per heavy atom. The molecule has 2 heterocycles. The topological polar surface area (TPSA) is 44.0 Å². The Balaban J connectivity index is 2.90. The molecule has 0 spiro atoms. The van der Waals surface area contributed by atoms with Crippen molar-refractivity contribution < 1.29 is 0 Å². The molecule has 0 aliphatic rings. The van der Waals surface area contributed by atoms with E-state index in [4.69, 9.17) is 0 Å². The number of aromatic nitrogens is 2. The monoisotopic (exact) mass is 252 g/mol. The van der Waals surface area contributed by atoms with Gasteiger partial charge in [-0.2, -0.15) is 0 Å². The molecule has 5 heteroatoms. The van der Waals surface area contributed by atoms with Crippen LogP contribution in [0.5, 0.6) is 0 Å². The molecule has 0 unspecified atom stereocenters. The zero-order chi connectivity index (χ0) is 12.7. The molecule has 17 heavy (non-hydrogen) atoms. The van der Waals surface area contributed by atoms with Gasteiger partial charge in [0.05, 0.1) is 5.39 Å². The Kier molecular flexibility index (Phi) is 2.95. The molecule has 0 amide bonds. The first-order chi connectivity index (χ1) is 7.93. The van der Waals surface area contributed by atoms with E-state index in [0.29, 0.717) is 11.9 Å². The molecular formula is C12H16N2O2S. The zero-order valence-corrected chi connectivity index (χ0v) is 11.3. The van der Waals surface area contributed by atoms with Crippen molar-refractivity contribution in [2.45, 2.75) is 27.3 Å². The summed E-state index contributed by atoms with van der Waals surface area (Å²) < 4.78 is 2.91. The predicted octanol–water partition coefficient (Wildman–Crippen LogP) is 1.73. The minimum absolute atomic E-state index is 0.157. The largest absolute Gasteiger partial charge is 0.331 e. The van der Waals surface area contributed by atoms with E-state index in [-0.39, 0.29) is 17.2 Å². The molecule has 4 nitrogen and oxygen atoms in total. The van der Waals surface area contributed by atoms with Gasteiger partial charge in [0.15, 0.2) is 0 Å². The molecule has 0 atom stereocenters. The summed E-state index contributed by atoms with van der Waals surface area (Å²) in [5.74, 6) is 0.275. The number of aryl methyl sites for hydroxylation is 2. The number of hydrogen-bond donors (Lipinski definition) is 0. The van der Waals surface area contributed by atoms with E-state index in [9.17, 15) is 9.59 Å². The van der Waals surface area contributed by atoms with Gasteiger partial charge in [0.25, 0.3) is 5.56 Å². The van der Waals surface area contributed by atoms with Crippen molar-refractivity contribution >= 4 is 21.6 Å². The zero-order valence-electron chi connectivity index (χ0n) is 10.5. The standard InChI is InChI=1S/C12H16N2O2S/c1-7(2)5-14-10(15)9-8(3)6-17-11(9)13(4)12(14)16/h6-7H,5H2,1-4H3. The lowest BCUT2D eigenvalue weighted by atomic mass is 10.2. The highest BCUT2D eigenvalue weighted by molar-refractivity contribution is 7.17. The van der Waals surface area contributed by atoms with Gasteiger partial charge < -0.3 is 0 Å². The molecule has 0 aliphatic heterocycles. The maximum atomic E-state index is 12.3. The second-order valence-corrected chi connectivity index (χ2v) is 5.61. The van der Waals surface area contributed by atoms with Gasteiger partial charge in [0.2, 0.25) is 0 Å². The van der Waals surface area contributed by atoms with E-state index in [2.05, 4.69) is 0 Å². The summed E-state index contributed by atoms with van der Waals surface area (Å²) in [6, 6.07) is 0. The van der Waals surface area contributed by atoms with Crippen LogP contribution in [0.1, 0.15) is 19.4 Å². The van der Waals surface area contributed by atoms with Crippen molar-refractivity contribution in [2.24, 2.45) is 13.0 Å². The summed E-state index contributed by atoms with van der Waals surface area (Å²) in [5, 5.41) is 2.60. The van der Waals surface area contributed by atoms with E-state index in [1.807, 2.05) is 26.2 Å². The Bertz CT molecular complexity index is 676. The summed E-state index contributed by atoms with van der Waals surface area (Å²) in [6.07, 6.45) is 0. The summed E-state index contributed by atoms with van der Waals surface area (Å²) >= 11 is 1.45. The van der Waals surface area contributed by atoms with Crippen LogP contribution < -0.4 is 11.2 Å². The Morgan fingerprint density at radius 1 is 1.35 bits per heavy atom. The van der Waals surface area contributed by atoms with E-state index >= 15 is 0 Å². The minimum atomic E-state index is -0.224. The Hall–Kier alpha value is -1.36. The number of thiophene rings is 1. The first-order valence-corrected chi connectivity index (χ1v) is 6.49. The molecule has 0 saturated carbocycles. The second kappa shape index (κ2) is 4.14. The van der Waals surface area contributed by atoms with E-state index in [1.165, 1.54) is 15.9 Å². The van der Waals surface area contributed by atoms with Crippen molar-refractivity contribution in [3.63, 3.8) is 0 Å². The average Bonchev–Trinajstić information content (AvgIpc) is 2.63. The van der Waals surface area contributed by atoms with E-state index < -0.39 is 0 Å². The maximum absolute atomic E-state index is 12.3. The Morgan fingerprint density at radius 3 is 2.59 bits per heavy atom. The molecule has 0 saturated heterocycles. The minimum Gasteiger partial charge on any atom is -0.287 e. The van der Waals surface area contributed by atoms with Crippen LogP contribution in [0.15, 0.2) is 15.0 Å². The van der Waals surface area contributed by atoms with Crippen LogP contribution in [-0.2, 0) is 13.6 Å². The second-order valence-electron chi connectivity index (χ2n) is 4.75. The molecule has 0 bridgehead atoms. The molecule has 2 aromatic heterocycles. The lowest BCUT2D eigenvalue weighted by Gasteiger charge is -2.10. The SMILES string of the molecule is Cc1csc2c1c(=O)n(CC(C)C)c(=O)n2C.